The predicted octanol–water partition coefficient (Wildman–Crippen LogP) is 4.36. The van der Waals surface area contributed by atoms with Crippen molar-refractivity contribution in [1.29, 1.82) is 0 Å². The lowest BCUT2D eigenvalue weighted by atomic mass is 10.1. The molecule has 0 N–H and O–H groups in total. The largest absolute Gasteiger partial charge is 0.459 e. The number of esters is 1. The second-order valence-corrected chi connectivity index (χ2v) is 8.32. The van der Waals surface area contributed by atoms with E-state index in [2.05, 4.69) is 11.9 Å². The third kappa shape index (κ3) is 4.25. The maximum Gasteiger partial charge on any atom is 0.338 e. The number of thioether (sulfide) groups is 1. The molecule has 0 aliphatic rings. The molecule has 1 aromatic carbocycles. The molecule has 0 aliphatic carbocycles. The average molecular weight is 403 g/mol. The maximum atomic E-state index is 13.0. The molecule has 142 valence electrons. The summed E-state index contributed by atoms with van der Waals surface area (Å²) < 4.78 is 6.93. The minimum absolute atomic E-state index is 0.0459. The Balaban J connectivity index is 2.00. The first-order valence-corrected chi connectivity index (χ1v) is 10.8. The number of benzene rings is 1. The van der Waals surface area contributed by atoms with Gasteiger partial charge in [-0.25, -0.2) is 9.78 Å². The molecular formula is C20H22N2O3S2. The topological polar surface area (TPSA) is 61.2 Å². The number of carbonyl (C=O) groups is 1. The molecule has 0 radical (unpaired) electrons. The van der Waals surface area contributed by atoms with Crippen molar-refractivity contribution >= 4 is 39.3 Å². The molecule has 0 spiro atoms. The van der Waals surface area contributed by atoms with Crippen molar-refractivity contribution in [3.05, 3.63) is 56.7 Å². The zero-order valence-corrected chi connectivity index (χ0v) is 17.4. The van der Waals surface area contributed by atoms with Crippen molar-refractivity contribution in [3.8, 4) is 0 Å². The van der Waals surface area contributed by atoms with Crippen LogP contribution in [-0.4, -0.2) is 27.9 Å². The number of hydrogen-bond acceptors (Lipinski definition) is 6. The molecule has 0 aliphatic heterocycles. The lowest BCUT2D eigenvalue weighted by molar-refractivity contribution is 0.0378. The van der Waals surface area contributed by atoms with Crippen molar-refractivity contribution in [2.75, 3.05) is 6.26 Å². The van der Waals surface area contributed by atoms with Crippen LogP contribution in [0.1, 0.15) is 41.6 Å². The van der Waals surface area contributed by atoms with E-state index in [1.165, 1.54) is 11.8 Å². The highest BCUT2D eigenvalue weighted by Gasteiger charge is 2.15. The van der Waals surface area contributed by atoms with Crippen LogP contribution in [0.15, 0.2) is 40.3 Å². The number of ether oxygens (including phenoxy) is 1. The Labute approximate surface area is 166 Å². The molecule has 0 saturated carbocycles. The predicted molar refractivity (Wildman–Crippen MR) is 111 cm³/mol. The summed E-state index contributed by atoms with van der Waals surface area (Å²) in [5.74, 6) is -0.358. The molecule has 2 aromatic heterocycles. The zero-order valence-electron chi connectivity index (χ0n) is 15.8. The summed E-state index contributed by atoms with van der Waals surface area (Å²) in [6.07, 6.45) is 2.62. The summed E-state index contributed by atoms with van der Waals surface area (Å²) in [4.78, 5) is 31.8. The second-order valence-electron chi connectivity index (χ2n) is 6.43. The molecule has 5 nitrogen and oxygen atoms in total. The number of carbonyl (C=O) groups excluding carboxylic acids is 1. The molecule has 7 heteroatoms. The van der Waals surface area contributed by atoms with Crippen LogP contribution in [-0.2, 0) is 17.7 Å². The van der Waals surface area contributed by atoms with E-state index in [9.17, 15) is 9.59 Å². The van der Waals surface area contributed by atoms with Gasteiger partial charge in [-0.2, -0.15) is 0 Å². The molecule has 3 aromatic rings. The molecule has 0 amide bonds. The van der Waals surface area contributed by atoms with Gasteiger partial charge in [0.1, 0.15) is 4.83 Å². The van der Waals surface area contributed by atoms with Gasteiger partial charge in [0.25, 0.3) is 5.56 Å². The molecule has 0 unspecified atom stereocenters. The van der Waals surface area contributed by atoms with Gasteiger partial charge in [-0.1, -0.05) is 30.8 Å². The van der Waals surface area contributed by atoms with Crippen LogP contribution in [0.25, 0.3) is 10.2 Å². The molecule has 0 fully saturated rings. The zero-order chi connectivity index (χ0) is 19.6. The van der Waals surface area contributed by atoms with E-state index in [0.29, 0.717) is 22.7 Å². The van der Waals surface area contributed by atoms with Gasteiger partial charge in [0.15, 0.2) is 5.16 Å². The van der Waals surface area contributed by atoms with E-state index in [-0.39, 0.29) is 17.6 Å². The van der Waals surface area contributed by atoms with Crippen molar-refractivity contribution in [2.24, 2.45) is 0 Å². The van der Waals surface area contributed by atoms with Crippen LogP contribution in [0, 0.1) is 0 Å². The number of thiophene rings is 1. The highest BCUT2D eigenvalue weighted by molar-refractivity contribution is 7.98. The van der Waals surface area contributed by atoms with Crippen molar-refractivity contribution in [1.82, 2.24) is 9.55 Å². The van der Waals surface area contributed by atoms with E-state index in [1.54, 1.807) is 28.0 Å². The molecule has 0 atom stereocenters. The fourth-order valence-corrected chi connectivity index (χ4v) is 4.34. The first kappa shape index (κ1) is 19.6. The number of hydrogen-bond donors (Lipinski definition) is 0. The van der Waals surface area contributed by atoms with Gasteiger partial charge in [0, 0.05) is 4.88 Å². The Morgan fingerprint density at radius 1 is 1.33 bits per heavy atom. The summed E-state index contributed by atoms with van der Waals surface area (Å²) in [5.41, 5.74) is 1.30. The number of aromatic nitrogens is 2. The number of aryl methyl sites for hydroxylation is 1. The first-order chi connectivity index (χ1) is 12.9. The van der Waals surface area contributed by atoms with Gasteiger partial charge in [-0.05, 0) is 50.3 Å². The van der Waals surface area contributed by atoms with Crippen molar-refractivity contribution in [2.45, 2.75) is 45.0 Å². The van der Waals surface area contributed by atoms with E-state index < -0.39 is 0 Å². The summed E-state index contributed by atoms with van der Waals surface area (Å²) in [5, 5.41) is 1.33. The van der Waals surface area contributed by atoms with Crippen LogP contribution < -0.4 is 5.56 Å². The quantitative estimate of drug-likeness (QED) is 0.348. The van der Waals surface area contributed by atoms with Crippen LogP contribution in [0.4, 0.5) is 0 Å². The Hall–Kier alpha value is -2.12. The Morgan fingerprint density at radius 2 is 2.11 bits per heavy atom. The highest BCUT2D eigenvalue weighted by Crippen LogP contribution is 2.24. The fraction of sp³-hybridized carbons (Fsp3) is 0.350. The highest BCUT2D eigenvalue weighted by atomic mass is 32.2. The maximum absolute atomic E-state index is 13.0. The molecule has 2 heterocycles. The third-order valence-corrected chi connectivity index (χ3v) is 5.89. The van der Waals surface area contributed by atoms with E-state index >= 15 is 0 Å². The van der Waals surface area contributed by atoms with Gasteiger partial charge in [-0.3, -0.25) is 9.36 Å². The molecule has 0 saturated heterocycles. The summed E-state index contributed by atoms with van der Waals surface area (Å²) in [7, 11) is 0. The van der Waals surface area contributed by atoms with E-state index in [0.717, 1.165) is 21.7 Å². The summed E-state index contributed by atoms with van der Waals surface area (Å²) >= 11 is 3.02. The molecular weight excluding hydrogens is 380 g/mol. The van der Waals surface area contributed by atoms with Gasteiger partial charge in [0.2, 0.25) is 0 Å². The number of nitrogens with zero attached hydrogens (tertiary/aromatic N) is 2. The smallest absolute Gasteiger partial charge is 0.338 e. The SMILES string of the molecule is CCc1cc2c(=O)n(Cc3cccc(C(=O)OC(C)C)c3)c(SC)nc2s1. The molecule has 27 heavy (non-hydrogen) atoms. The average Bonchev–Trinajstić information content (AvgIpc) is 3.07. The monoisotopic (exact) mass is 402 g/mol. The van der Waals surface area contributed by atoms with Crippen LogP contribution in [0.5, 0.6) is 0 Å². The number of rotatable bonds is 6. The van der Waals surface area contributed by atoms with Crippen LogP contribution in [0.2, 0.25) is 0 Å². The minimum Gasteiger partial charge on any atom is -0.459 e. The number of fused-ring (bicyclic) bond motifs is 1. The van der Waals surface area contributed by atoms with Crippen LogP contribution >= 0.6 is 23.1 Å². The minimum atomic E-state index is -0.358. The Bertz CT molecular complexity index is 1040. The Kier molecular flexibility index (Phi) is 6.01. The van der Waals surface area contributed by atoms with E-state index in [1.807, 2.05) is 38.3 Å². The molecule has 3 rings (SSSR count). The van der Waals surface area contributed by atoms with Crippen molar-refractivity contribution < 1.29 is 9.53 Å². The van der Waals surface area contributed by atoms with Gasteiger partial charge in [0.05, 0.1) is 23.6 Å². The lowest BCUT2D eigenvalue weighted by Gasteiger charge is -2.12. The van der Waals surface area contributed by atoms with Gasteiger partial charge in [-0.15, -0.1) is 11.3 Å². The fourth-order valence-electron chi connectivity index (χ4n) is 2.78. The lowest BCUT2D eigenvalue weighted by Crippen LogP contribution is -2.23. The first-order valence-electron chi connectivity index (χ1n) is 8.80. The van der Waals surface area contributed by atoms with Crippen LogP contribution in [0.3, 0.4) is 0 Å². The summed E-state index contributed by atoms with van der Waals surface area (Å²) in [6.45, 7) is 6.06. The third-order valence-electron chi connectivity index (χ3n) is 4.04. The van der Waals surface area contributed by atoms with Crippen molar-refractivity contribution in [3.63, 3.8) is 0 Å². The van der Waals surface area contributed by atoms with E-state index in [4.69, 9.17) is 4.74 Å². The standard InChI is InChI=1S/C20H22N2O3S2/c1-5-15-10-16-17(27-15)21-20(26-4)22(18(16)23)11-13-7-6-8-14(9-13)19(24)25-12(2)3/h6-10,12H,5,11H2,1-4H3. The second kappa shape index (κ2) is 8.27. The molecule has 0 bridgehead atoms. The normalized spacial score (nSPS) is 11.3. The van der Waals surface area contributed by atoms with Gasteiger partial charge >= 0.3 is 5.97 Å². The Morgan fingerprint density at radius 3 is 2.78 bits per heavy atom. The van der Waals surface area contributed by atoms with Gasteiger partial charge < -0.3 is 4.74 Å². The summed E-state index contributed by atoms with van der Waals surface area (Å²) in [6, 6.07) is 9.14.